The highest BCUT2D eigenvalue weighted by atomic mass is 19.3. The third-order valence-corrected chi connectivity index (χ3v) is 3.16. The molecule has 0 aromatic rings. The van der Waals surface area contributed by atoms with Crippen LogP contribution in [0.5, 0.6) is 0 Å². The first-order valence-corrected chi connectivity index (χ1v) is 5.52. The van der Waals surface area contributed by atoms with Crippen molar-refractivity contribution >= 4 is 6.09 Å². The van der Waals surface area contributed by atoms with E-state index < -0.39 is 23.2 Å². The van der Waals surface area contributed by atoms with E-state index in [1.54, 1.807) is 20.8 Å². The molecule has 1 amide bonds. The summed E-state index contributed by atoms with van der Waals surface area (Å²) < 4.78 is 30.9. The number of alkyl halides is 2. The van der Waals surface area contributed by atoms with Gasteiger partial charge in [-0.2, -0.15) is 0 Å². The Balaban J connectivity index is 1.95. The number of likely N-dealkylation sites (tertiary alicyclic amines) is 1. The van der Waals surface area contributed by atoms with Crippen LogP contribution in [-0.2, 0) is 4.74 Å². The van der Waals surface area contributed by atoms with Crippen LogP contribution in [0.3, 0.4) is 0 Å². The Kier molecular flexibility index (Phi) is 2.23. The maximum absolute atomic E-state index is 12.9. The first-order valence-electron chi connectivity index (χ1n) is 5.52. The lowest BCUT2D eigenvalue weighted by Gasteiger charge is -2.60. The molecule has 1 aliphatic heterocycles. The highest BCUT2D eigenvalue weighted by molar-refractivity contribution is 5.71. The van der Waals surface area contributed by atoms with Crippen LogP contribution in [-0.4, -0.2) is 34.6 Å². The fraction of sp³-hybridized carbons (Fsp3) is 0.909. The average Bonchev–Trinajstić information content (AvgIpc) is 1.92. The van der Waals surface area contributed by atoms with E-state index in [0.29, 0.717) is 13.0 Å². The summed E-state index contributed by atoms with van der Waals surface area (Å²) in [5.41, 5.74) is -1.17. The van der Waals surface area contributed by atoms with Crippen LogP contribution >= 0.6 is 0 Å². The van der Waals surface area contributed by atoms with Crippen molar-refractivity contribution in [3.63, 3.8) is 0 Å². The van der Waals surface area contributed by atoms with E-state index in [4.69, 9.17) is 4.74 Å². The first-order chi connectivity index (χ1) is 7.14. The first kappa shape index (κ1) is 11.6. The number of nitrogens with zero attached hydrogens (tertiary/aromatic N) is 1. The van der Waals surface area contributed by atoms with Crippen molar-refractivity contribution in [2.24, 2.45) is 0 Å². The lowest BCUT2D eigenvalue weighted by Crippen LogP contribution is -2.71. The quantitative estimate of drug-likeness (QED) is 0.644. The van der Waals surface area contributed by atoms with Crippen LogP contribution in [0.25, 0.3) is 0 Å². The molecular weight excluding hydrogens is 216 g/mol. The molecule has 5 heteroatoms. The summed E-state index contributed by atoms with van der Waals surface area (Å²) in [5, 5.41) is 0. The Morgan fingerprint density at radius 3 is 2.19 bits per heavy atom. The molecule has 0 aromatic heterocycles. The average molecular weight is 233 g/mol. The van der Waals surface area contributed by atoms with Crippen LogP contribution < -0.4 is 0 Å². The molecule has 0 N–H and O–H groups in total. The summed E-state index contributed by atoms with van der Waals surface area (Å²) in [4.78, 5) is 13.2. The van der Waals surface area contributed by atoms with Crippen LogP contribution in [0.2, 0.25) is 0 Å². The van der Waals surface area contributed by atoms with E-state index >= 15 is 0 Å². The van der Waals surface area contributed by atoms with Gasteiger partial charge in [0.25, 0.3) is 5.92 Å². The van der Waals surface area contributed by atoms with Gasteiger partial charge in [0.15, 0.2) is 0 Å². The van der Waals surface area contributed by atoms with Gasteiger partial charge in [-0.15, -0.1) is 0 Å². The Morgan fingerprint density at radius 1 is 1.31 bits per heavy atom. The topological polar surface area (TPSA) is 29.5 Å². The van der Waals surface area contributed by atoms with Gasteiger partial charge in [0.05, 0.1) is 5.54 Å². The molecule has 2 aliphatic rings. The van der Waals surface area contributed by atoms with Crippen molar-refractivity contribution < 1.29 is 18.3 Å². The zero-order valence-electron chi connectivity index (χ0n) is 9.85. The second-order valence-electron chi connectivity index (χ2n) is 5.82. The second-order valence-corrected chi connectivity index (χ2v) is 5.82. The molecule has 0 atom stereocenters. The van der Waals surface area contributed by atoms with Gasteiger partial charge in [0.1, 0.15) is 5.60 Å². The third-order valence-electron chi connectivity index (χ3n) is 3.16. The smallest absolute Gasteiger partial charge is 0.410 e. The minimum atomic E-state index is -2.60. The third kappa shape index (κ3) is 1.87. The van der Waals surface area contributed by atoms with Gasteiger partial charge in [0, 0.05) is 19.4 Å². The highest BCUT2D eigenvalue weighted by Gasteiger charge is 2.65. The summed E-state index contributed by atoms with van der Waals surface area (Å²) in [6.07, 6.45) is -0.213. The summed E-state index contributed by atoms with van der Waals surface area (Å²) in [6, 6.07) is 0. The lowest BCUT2D eigenvalue weighted by molar-refractivity contribution is -0.205. The number of carbonyl (C=O) groups excluding carboxylic acids is 1. The van der Waals surface area contributed by atoms with Crippen molar-refractivity contribution in [1.29, 1.82) is 0 Å². The van der Waals surface area contributed by atoms with Crippen LogP contribution in [0, 0.1) is 0 Å². The molecule has 1 spiro atoms. The molecule has 1 heterocycles. The van der Waals surface area contributed by atoms with Crippen LogP contribution in [0.4, 0.5) is 13.6 Å². The SMILES string of the molecule is CC(C)(C)OC(=O)N1CCC12CC(F)(F)C2. The van der Waals surface area contributed by atoms with Crippen molar-refractivity contribution in [3.8, 4) is 0 Å². The molecule has 0 aromatic carbocycles. The predicted octanol–water partition coefficient (Wildman–Crippen LogP) is 2.80. The number of hydrogen-bond acceptors (Lipinski definition) is 2. The molecule has 3 nitrogen and oxygen atoms in total. The molecule has 1 saturated heterocycles. The van der Waals surface area contributed by atoms with E-state index in [1.807, 2.05) is 0 Å². The Hall–Kier alpha value is -0.870. The maximum atomic E-state index is 12.9. The van der Waals surface area contributed by atoms with E-state index in [-0.39, 0.29) is 12.8 Å². The van der Waals surface area contributed by atoms with Gasteiger partial charge in [-0.3, -0.25) is 0 Å². The number of ether oxygens (including phenoxy) is 1. The molecule has 1 aliphatic carbocycles. The van der Waals surface area contributed by atoms with Crippen LogP contribution in [0.15, 0.2) is 0 Å². The molecular formula is C11H17F2NO2. The summed E-state index contributed by atoms with van der Waals surface area (Å²) >= 11 is 0. The van der Waals surface area contributed by atoms with E-state index in [0.717, 1.165) is 0 Å². The van der Waals surface area contributed by atoms with E-state index in [2.05, 4.69) is 0 Å². The number of halogens is 2. The highest BCUT2D eigenvalue weighted by Crippen LogP contribution is 2.55. The lowest BCUT2D eigenvalue weighted by atomic mass is 9.65. The number of hydrogen-bond donors (Lipinski definition) is 0. The predicted molar refractivity (Wildman–Crippen MR) is 54.5 cm³/mol. The molecule has 0 unspecified atom stereocenters. The molecule has 2 rings (SSSR count). The zero-order chi connectivity index (χ0) is 12.2. The van der Waals surface area contributed by atoms with Gasteiger partial charge in [-0.05, 0) is 27.2 Å². The largest absolute Gasteiger partial charge is 0.444 e. The molecule has 0 bridgehead atoms. The molecule has 92 valence electrons. The Morgan fingerprint density at radius 2 is 1.88 bits per heavy atom. The minimum absolute atomic E-state index is 0.209. The van der Waals surface area contributed by atoms with Gasteiger partial charge in [-0.25, -0.2) is 13.6 Å². The fourth-order valence-corrected chi connectivity index (χ4v) is 2.42. The van der Waals surface area contributed by atoms with Crippen molar-refractivity contribution in [3.05, 3.63) is 0 Å². The van der Waals surface area contributed by atoms with Crippen molar-refractivity contribution in [1.82, 2.24) is 4.90 Å². The molecule has 1 saturated carbocycles. The normalized spacial score (nSPS) is 25.9. The fourth-order valence-electron chi connectivity index (χ4n) is 2.42. The maximum Gasteiger partial charge on any atom is 0.410 e. The summed E-state index contributed by atoms with van der Waals surface area (Å²) in [7, 11) is 0. The van der Waals surface area contributed by atoms with E-state index in [9.17, 15) is 13.6 Å². The monoisotopic (exact) mass is 233 g/mol. The number of amides is 1. The summed E-state index contributed by atoms with van der Waals surface area (Å²) in [5.74, 6) is -2.60. The zero-order valence-corrected chi connectivity index (χ0v) is 9.85. The van der Waals surface area contributed by atoms with Gasteiger partial charge in [0.2, 0.25) is 0 Å². The minimum Gasteiger partial charge on any atom is -0.444 e. The Labute approximate surface area is 93.7 Å². The summed E-state index contributed by atoms with van der Waals surface area (Å²) in [6.45, 7) is 5.84. The van der Waals surface area contributed by atoms with Gasteiger partial charge >= 0.3 is 6.09 Å². The van der Waals surface area contributed by atoms with Gasteiger partial charge < -0.3 is 9.64 Å². The molecule has 0 radical (unpaired) electrons. The molecule has 2 fully saturated rings. The molecule has 16 heavy (non-hydrogen) atoms. The standard InChI is InChI=1S/C11H17F2NO2/c1-9(2,3)16-8(15)14-5-4-10(14)6-11(12,13)7-10/h4-7H2,1-3H3. The van der Waals surface area contributed by atoms with Crippen molar-refractivity contribution in [2.75, 3.05) is 6.54 Å². The second kappa shape index (κ2) is 3.08. The van der Waals surface area contributed by atoms with Crippen molar-refractivity contribution in [2.45, 2.75) is 57.1 Å². The Bertz CT molecular complexity index is 314. The van der Waals surface area contributed by atoms with Gasteiger partial charge in [-0.1, -0.05) is 0 Å². The number of carbonyl (C=O) groups is 1. The number of rotatable bonds is 0. The van der Waals surface area contributed by atoms with E-state index in [1.165, 1.54) is 4.90 Å². The van der Waals surface area contributed by atoms with Crippen LogP contribution in [0.1, 0.15) is 40.0 Å².